The second kappa shape index (κ2) is 15.1. The summed E-state index contributed by atoms with van der Waals surface area (Å²) in [6.45, 7) is 1.74. The molecule has 0 spiro atoms. The van der Waals surface area contributed by atoms with Crippen LogP contribution in [-0.2, 0) is 25.2 Å². The van der Waals surface area contributed by atoms with Gasteiger partial charge in [0.2, 0.25) is 0 Å². The first-order valence-corrected chi connectivity index (χ1v) is 15.1. The molecule has 1 saturated carbocycles. The van der Waals surface area contributed by atoms with Crippen LogP contribution in [-0.4, -0.2) is 35.2 Å². The van der Waals surface area contributed by atoms with Crippen molar-refractivity contribution in [2.45, 2.75) is 75.8 Å². The fourth-order valence-corrected chi connectivity index (χ4v) is 6.05. The highest BCUT2D eigenvalue weighted by molar-refractivity contribution is 7.80. The molecule has 10 heteroatoms. The smallest absolute Gasteiger partial charge is 0.358 e. The molecule has 4 rings (SSSR count). The Morgan fingerprint density at radius 1 is 0.721 bits per heavy atom. The van der Waals surface area contributed by atoms with Crippen LogP contribution in [0.25, 0.3) is 0 Å². The SMILES string of the molecule is FC(F)(F)c1cc(NC(=S)N[C@H]2CCCC[C@@H]2N(CCCc2ccccc2)CCCc2ccccc2)cc(C(F)(F)F)c1. The van der Waals surface area contributed by atoms with Gasteiger partial charge in [0.25, 0.3) is 0 Å². The summed E-state index contributed by atoms with van der Waals surface area (Å²) in [5.74, 6) is 0. The molecule has 0 unspecified atom stereocenters. The summed E-state index contributed by atoms with van der Waals surface area (Å²) in [5.41, 5.74) is -0.573. The van der Waals surface area contributed by atoms with Gasteiger partial charge < -0.3 is 10.6 Å². The van der Waals surface area contributed by atoms with Gasteiger partial charge in [0.15, 0.2) is 5.11 Å². The first-order valence-electron chi connectivity index (χ1n) is 14.7. The predicted molar refractivity (Wildman–Crippen MR) is 163 cm³/mol. The van der Waals surface area contributed by atoms with Crippen molar-refractivity contribution in [1.29, 1.82) is 0 Å². The van der Waals surface area contributed by atoms with Gasteiger partial charge in [-0.05, 0) is 93.2 Å². The van der Waals surface area contributed by atoms with E-state index in [1.54, 1.807) is 0 Å². The highest BCUT2D eigenvalue weighted by atomic mass is 32.1. The molecule has 1 aliphatic rings. The van der Waals surface area contributed by atoms with Crippen LogP contribution in [0.5, 0.6) is 0 Å². The third-order valence-electron chi connectivity index (χ3n) is 7.87. The number of hydrogen-bond acceptors (Lipinski definition) is 2. The zero-order valence-electron chi connectivity index (χ0n) is 23.9. The number of thiocarbonyl (C=S) groups is 1. The molecule has 0 bridgehead atoms. The molecular formula is C33H37F6N3S. The van der Waals surface area contributed by atoms with Crippen LogP contribution in [0.4, 0.5) is 32.0 Å². The van der Waals surface area contributed by atoms with Crippen LogP contribution in [0.2, 0.25) is 0 Å². The summed E-state index contributed by atoms with van der Waals surface area (Å²) in [5, 5.41) is 5.86. The minimum absolute atomic E-state index is 0.0119. The highest BCUT2D eigenvalue weighted by Gasteiger charge is 2.37. The Morgan fingerprint density at radius 2 is 1.21 bits per heavy atom. The summed E-state index contributed by atoms with van der Waals surface area (Å²) < 4.78 is 80.1. The van der Waals surface area contributed by atoms with Gasteiger partial charge in [-0.15, -0.1) is 0 Å². The van der Waals surface area contributed by atoms with E-state index in [4.69, 9.17) is 12.2 Å². The average molecular weight is 622 g/mol. The lowest BCUT2D eigenvalue weighted by Gasteiger charge is -2.41. The van der Waals surface area contributed by atoms with E-state index in [1.807, 2.05) is 36.4 Å². The Balaban J connectivity index is 1.45. The second-order valence-electron chi connectivity index (χ2n) is 11.1. The van der Waals surface area contributed by atoms with E-state index in [1.165, 1.54) is 11.1 Å². The van der Waals surface area contributed by atoms with E-state index in [-0.39, 0.29) is 28.9 Å². The number of nitrogens with one attached hydrogen (secondary N) is 2. The molecule has 2 N–H and O–H groups in total. The minimum atomic E-state index is -4.93. The summed E-state index contributed by atoms with van der Waals surface area (Å²) >= 11 is 5.43. The van der Waals surface area contributed by atoms with Crippen molar-refractivity contribution in [1.82, 2.24) is 10.2 Å². The summed E-state index contributed by atoms with van der Waals surface area (Å²) in [6.07, 6.45) is -2.31. The minimum Gasteiger partial charge on any atom is -0.358 e. The maximum Gasteiger partial charge on any atom is 0.416 e. The van der Waals surface area contributed by atoms with Gasteiger partial charge >= 0.3 is 12.4 Å². The first-order chi connectivity index (χ1) is 20.5. The molecule has 2 atom stereocenters. The zero-order chi connectivity index (χ0) is 30.9. The molecule has 0 aliphatic heterocycles. The van der Waals surface area contributed by atoms with Crippen molar-refractivity contribution in [3.8, 4) is 0 Å². The maximum absolute atomic E-state index is 13.4. The average Bonchev–Trinajstić information content (AvgIpc) is 2.97. The lowest BCUT2D eigenvalue weighted by Crippen LogP contribution is -2.54. The largest absolute Gasteiger partial charge is 0.416 e. The van der Waals surface area contributed by atoms with Gasteiger partial charge in [-0.2, -0.15) is 26.3 Å². The van der Waals surface area contributed by atoms with Crippen LogP contribution >= 0.6 is 12.2 Å². The number of rotatable bonds is 11. The molecule has 3 nitrogen and oxygen atoms in total. The first kappa shape index (κ1) is 32.8. The summed E-state index contributed by atoms with van der Waals surface area (Å²) in [4.78, 5) is 2.48. The van der Waals surface area contributed by atoms with Gasteiger partial charge in [-0.25, -0.2) is 0 Å². The Morgan fingerprint density at radius 3 is 1.70 bits per heavy atom. The lowest BCUT2D eigenvalue weighted by molar-refractivity contribution is -0.143. The quantitative estimate of drug-likeness (QED) is 0.165. The molecule has 1 fully saturated rings. The third kappa shape index (κ3) is 10.2. The number of anilines is 1. The number of halogens is 6. The molecule has 43 heavy (non-hydrogen) atoms. The van der Waals surface area contributed by atoms with Crippen LogP contribution < -0.4 is 10.6 Å². The van der Waals surface area contributed by atoms with Gasteiger partial charge in [-0.3, -0.25) is 4.90 Å². The van der Waals surface area contributed by atoms with Crippen molar-refractivity contribution in [3.63, 3.8) is 0 Å². The third-order valence-corrected chi connectivity index (χ3v) is 8.09. The van der Waals surface area contributed by atoms with E-state index in [0.717, 1.165) is 64.5 Å². The lowest BCUT2D eigenvalue weighted by atomic mass is 9.88. The maximum atomic E-state index is 13.4. The predicted octanol–water partition coefficient (Wildman–Crippen LogP) is 8.89. The monoisotopic (exact) mass is 621 g/mol. The van der Waals surface area contributed by atoms with Crippen molar-refractivity contribution < 1.29 is 26.3 Å². The van der Waals surface area contributed by atoms with E-state index in [2.05, 4.69) is 39.8 Å². The van der Waals surface area contributed by atoms with Crippen LogP contribution in [0.15, 0.2) is 78.9 Å². The second-order valence-corrected chi connectivity index (χ2v) is 11.5. The van der Waals surface area contributed by atoms with E-state index in [0.29, 0.717) is 12.1 Å². The molecule has 1 aliphatic carbocycles. The molecule has 3 aromatic carbocycles. The Labute approximate surface area is 254 Å². The Hall–Kier alpha value is -3.11. The Bertz CT molecular complexity index is 1220. The van der Waals surface area contributed by atoms with Gasteiger partial charge in [0.05, 0.1) is 11.1 Å². The number of benzene rings is 3. The highest BCUT2D eigenvalue weighted by Crippen LogP contribution is 2.37. The standard InChI is InChI=1S/C33H37F6N3S/c34-32(35,36)26-21-27(33(37,38)39)23-28(22-26)40-31(43)41-29-17-7-8-18-30(29)42(19-9-15-24-11-3-1-4-12-24)20-10-16-25-13-5-2-6-14-25/h1-6,11-14,21-23,29-30H,7-10,15-20H2,(H2,40,41,43)/t29-,30-/m0/s1. The molecule has 3 aromatic rings. The van der Waals surface area contributed by atoms with Gasteiger partial charge in [0, 0.05) is 17.8 Å². The van der Waals surface area contributed by atoms with E-state index in [9.17, 15) is 26.3 Å². The topological polar surface area (TPSA) is 27.3 Å². The normalized spacial score (nSPS) is 17.6. The summed E-state index contributed by atoms with van der Waals surface area (Å²) in [7, 11) is 0. The van der Waals surface area contributed by atoms with Crippen LogP contribution in [0.1, 0.15) is 60.8 Å². The zero-order valence-corrected chi connectivity index (χ0v) is 24.7. The Kier molecular flexibility index (Phi) is 11.5. The van der Waals surface area contributed by atoms with Crippen LogP contribution in [0.3, 0.4) is 0 Å². The molecule has 0 heterocycles. The molecule has 0 aromatic heterocycles. The van der Waals surface area contributed by atoms with Crippen molar-refractivity contribution in [3.05, 3.63) is 101 Å². The van der Waals surface area contributed by atoms with Crippen molar-refractivity contribution in [2.75, 3.05) is 18.4 Å². The number of hydrogen-bond donors (Lipinski definition) is 2. The molecule has 0 saturated heterocycles. The molecular weight excluding hydrogens is 584 g/mol. The number of nitrogens with zero attached hydrogens (tertiary/aromatic N) is 1. The molecule has 0 amide bonds. The van der Waals surface area contributed by atoms with Crippen LogP contribution in [0, 0.1) is 0 Å². The van der Waals surface area contributed by atoms with Crippen molar-refractivity contribution >= 4 is 23.0 Å². The van der Waals surface area contributed by atoms with Crippen molar-refractivity contribution in [2.24, 2.45) is 0 Å². The number of alkyl halides is 6. The number of aryl methyl sites for hydroxylation is 2. The van der Waals surface area contributed by atoms with E-state index >= 15 is 0 Å². The summed E-state index contributed by atoms with van der Waals surface area (Å²) in [6, 6.07) is 22.1. The fraction of sp³-hybridized carbons (Fsp3) is 0.424. The molecule has 0 radical (unpaired) electrons. The van der Waals surface area contributed by atoms with Gasteiger partial charge in [0.1, 0.15) is 0 Å². The molecule has 232 valence electrons. The fourth-order valence-electron chi connectivity index (χ4n) is 5.78. The van der Waals surface area contributed by atoms with Gasteiger partial charge in [-0.1, -0.05) is 73.5 Å². The van der Waals surface area contributed by atoms with E-state index < -0.39 is 23.5 Å².